The highest BCUT2D eigenvalue weighted by molar-refractivity contribution is 5.80. The van der Waals surface area contributed by atoms with Crippen LogP contribution in [0.15, 0.2) is 24.3 Å². The molecule has 104 valence electrons. The summed E-state index contributed by atoms with van der Waals surface area (Å²) in [6.07, 6.45) is 3.01. The summed E-state index contributed by atoms with van der Waals surface area (Å²) in [6, 6.07) is 8.51. The van der Waals surface area contributed by atoms with Crippen LogP contribution >= 0.6 is 0 Å². The van der Waals surface area contributed by atoms with Crippen LogP contribution in [0.5, 0.6) is 0 Å². The largest absolute Gasteiger partial charge is 0.469 e. The van der Waals surface area contributed by atoms with Crippen LogP contribution in [0, 0.1) is 5.41 Å². The van der Waals surface area contributed by atoms with Crippen molar-refractivity contribution in [1.29, 1.82) is 0 Å². The van der Waals surface area contributed by atoms with Crippen LogP contribution in [0.2, 0.25) is 0 Å². The summed E-state index contributed by atoms with van der Waals surface area (Å²) in [5.41, 5.74) is 2.16. The summed E-state index contributed by atoms with van der Waals surface area (Å²) < 4.78 is 4.85. The van der Waals surface area contributed by atoms with Gasteiger partial charge in [0.05, 0.1) is 12.5 Å². The van der Waals surface area contributed by atoms with Crippen molar-refractivity contribution in [1.82, 2.24) is 0 Å². The van der Waals surface area contributed by atoms with Gasteiger partial charge in [-0.2, -0.15) is 0 Å². The Hall–Kier alpha value is -1.51. The molecule has 1 atom stereocenters. The van der Waals surface area contributed by atoms with Crippen molar-refractivity contribution in [3.63, 3.8) is 0 Å². The van der Waals surface area contributed by atoms with Crippen LogP contribution in [-0.4, -0.2) is 19.6 Å². The fourth-order valence-corrected chi connectivity index (χ4v) is 2.26. The van der Waals surface area contributed by atoms with Crippen LogP contribution in [0.3, 0.4) is 0 Å². The number of nitrogens with one attached hydrogen (secondary N) is 1. The van der Waals surface area contributed by atoms with Crippen molar-refractivity contribution in [3.05, 3.63) is 29.8 Å². The van der Waals surface area contributed by atoms with Gasteiger partial charge in [-0.3, -0.25) is 4.79 Å². The Morgan fingerprint density at radius 3 is 2.47 bits per heavy atom. The summed E-state index contributed by atoms with van der Waals surface area (Å²) in [5.74, 6) is 0.509. The van der Waals surface area contributed by atoms with Gasteiger partial charge in [0, 0.05) is 12.2 Å². The number of ether oxygens (including phenoxy) is 1. The average Bonchev–Trinajstić information content (AvgIpc) is 3.25. The highest BCUT2D eigenvalue weighted by Crippen LogP contribution is 2.46. The van der Waals surface area contributed by atoms with Crippen molar-refractivity contribution in [3.8, 4) is 0 Å². The quantitative estimate of drug-likeness (QED) is 0.796. The van der Waals surface area contributed by atoms with E-state index in [4.69, 9.17) is 4.74 Å². The van der Waals surface area contributed by atoms with Crippen molar-refractivity contribution in [2.45, 2.75) is 39.0 Å². The van der Waals surface area contributed by atoms with Crippen LogP contribution in [0.4, 0.5) is 5.69 Å². The molecule has 0 aliphatic heterocycles. The van der Waals surface area contributed by atoms with Crippen molar-refractivity contribution in [2.24, 2.45) is 5.41 Å². The van der Waals surface area contributed by atoms with Gasteiger partial charge in [-0.05, 0) is 42.9 Å². The third kappa shape index (κ3) is 3.09. The van der Waals surface area contributed by atoms with E-state index in [2.05, 4.69) is 43.4 Å². The molecule has 1 aliphatic carbocycles. The number of carbonyl (C=O) groups excluding carboxylic acids is 1. The highest BCUT2D eigenvalue weighted by Gasteiger charge is 2.50. The number of benzene rings is 1. The Kier molecular flexibility index (Phi) is 4.13. The fraction of sp³-hybridized carbons (Fsp3) is 0.562. The maximum Gasteiger partial charge on any atom is 0.313 e. The molecule has 0 heterocycles. The molecule has 1 N–H and O–H groups in total. The Balaban J connectivity index is 1.92. The molecule has 1 aromatic rings. The van der Waals surface area contributed by atoms with E-state index < -0.39 is 0 Å². The van der Waals surface area contributed by atoms with E-state index in [0.29, 0.717) is 12.5 Å². The van der Waals surface area contributed by atoms with Gasteiger partial charge in [-0.15, -0.1) is 0 Å². The lowest BCUT2D eigenvalue weighted by atomic mass is 9.98. The van der Waals surface area contributed by atoms with E-state index in [-0.39, 0.29) is 11.4 Å². The Morgan fingerprint density at radius 2 is 2.00 bits per heavy atom. The summed E-state index contributed by atoms with van der Waals surface area (Å²) in [7, 11) is 1.46. The number of esters is 1. The predicted molar refractivity (Wildman–Crippen MR) is 77.3 cm³/mol. The summed E-state index contributed by atoms with van der Waals surface area (Å²) in [5, 5.41) is 3.35. The van der Waals surface area contributed by atoms with Gasteiger partial charge in [0.25, 0.3) is 0 Å². The molecule has 19 heavy (non-hydrogen) atoms. The van der Waals surface area contributed by atoms with Gasteiger partial charge in [0.15, 0.2) is 0 Å². The maximum absolute atomic E-state index is 11.6. The first-order chi connectivity index (χ1) is 9.11. The molecule has 0 saturated heterocycles. The SMILES string of the molecule is CCC(C)c1ccc(NCC2(C(=O)OC)CC2)cc1. The first-order valence-corrected chi connectivity index (χ1v) is 7.03. The molecule has 1 aliphatic rings. The van der Waals surface area contributed by atoms with Crippen molar-refractivity contribution in [2.75, 3.05) is 19.0 Å². The molecule has 0 bridgehead atoms. The van der Waals surface area contributed by atoms with E-state index in [1.54, 1.807) is 0 Å². The van der Waals surface area contributed by atoms with E-state index in [9.17, 15) is 4.79 Å². The van der Waals surface area contributed by atoms with E-state index in [1.165, 1.54) is 12.7 Å². The van der Waals surface area contributed by atoms with Crippen molar-refractivity contribution < 1.29 is 9.53 Å². The topological polar surface area (TPSA) is 38.3 Å². The number of carbonyl (C=O) groups is 1. The molecule has 1 fully saturated rings. The third-order valence-corrected chi connectivity index (χ3v) is 4.19. The first kappa shape index (κ1) is 13.9. The normalized spacial score (nSPS) is 17.6. The minimum Gasteiger partial charge on any atom is -0.469 e. The van der Waals surface area contributed by atoms with E-state index in [1.807, 2.05) is 0 Å². The van der Waals surface area contributed by atoms with Crippen LogP contribution < -0.4 is 5.32 Å². The molecule has 0 aromatic heterocycles. The van der Waals surface area contributed by atoms with Gasteiger partial charge in [-0.25, -0.2) is 0 Å². The summed E-state index contributed by atoms with van der Waals surface area (Å²) in [6.45, 7) is 5.10. The highest BCUT2D eigenvalue weighted by atomic mass is 16.5. The van der Waals surface area contributed by atoms with Gasteiger partial charge in [-0.1, -0.05) is 26.0 Å². The minimum atomic E-state index is -0.274. The first-order valence-electron chi connectivity index (χ1n) is 7.03. The summed E-state index contributed by atoms with van der Waals surface area (Å²) >= 11 is 0. The Labute approximate surface area is 115 Å². The minimum absolute atomic E-state index is 0.0868. The van der Waals surface area contributed by atoms with Gasteiger partial charge >= 0.3 is 5.97 Å². The fourth-order valence-electron chi connectivity index (χ4n) is 2.26. The van der Waals surface area contributed by atoms with E-state index >= 15 is 0 Å². The maximum atomic E-state index is 11.6. The zero-order valence-electron chi connectivity index (χ0n) is 12.0. The zero-order valence-corrected chi connectivity index (χ0v) is 12.0. The Bertz CT molecular complexity index is 435. The summed E-state index contributed by atoms with van der Waals surface area (Å²) in [4.78, 5) is 11.6. The second-order valence-electron chi connectivity index (χ2n) is 5.56. The van der Waals surface area contributed by atoms with Crippen LogP contribution in [-0.2, 0) is 9.53 Å². The third-order valence-electron chi connectivity index (χ3n) is 4.19. The van der Waals surface area contributed by atoms with Crippen LogP contribution in [0.25, 0.3) is 0 Å². The molecular weight excluding hydrogens is 238 g/mol. The van der Waals surface area contributed by atoms with Crippen LogP contribution in [0.1, 0.15) is 44.6 Å². The second-order valence-corrected chi connectivity index (χ2v) is 5.56. The number of hydrogen-bond acceptors (Lipinski definition) is 3. The van der Waals surface area contributed by atoms with Gasteiger partial charge < -0.3 is 10.1 Å². The van der Waals surface area contributed by atoms with Crippen molar-refractivity contribution >= 4 is 11.7 Å². The zero-order chi connectivity index (χ0) is 13.9. The Morgan fingerprint density at radius 1 is 1.37 bits per heavy atom. The molecule has 1 aromatic carbocycles. The monoisotopic (exact) mass is 261 g/mol. The number of anilines is 1. The molecule has 0 radical (unpaired) electrons. The van der Waals surface area contributed by atoms with Gasteiger partial charge in [0.2, 0.25) is 0 Å². The van der Waals surface area contributed by atoms with Gasteiger partial charge in [0.1, 0.15) is 0 Å². The lowest BCUT2D eigenvalue weighted by molar-refractivity contribution is -0.146. The smallest absolute Gasteiger partial charge is 0.313 e. The second kappa shape index (κ2) is 5.64. The van der Waals surface area contributed by atoms with E-state index in [0.717, 1.165) is 24.9 Å². The number of hydrogen-bond donors (Lipinski definition) is 1. The number of methoxy groups -OCH3 is 1. The average molecular weight is 261 g/mol. The molecule has 0 amide bonds. The lowest BCUT2D eigenvalue weighted by Crippen LogP contribution is -2.25. The molecule has 3 nitrogen and oxygen atoms in total. The molecule has 1 unspecified atom stereocenters. The predicted octanol–water partition coefficient (Wildman–Crippen LogP) is 3.57. The molecule has 2 rings (SSSR count). The molecule has 3 heteroatoms. The molecule has 1 saturated carbocycles. The molecule has 0 spiro atoms. The number of rotatable bonds is 6. The standard InChI is InChI=1S/C16H23NO2/c1-4-12(2)13-5-7-14(8-6-13)17-11-16(9-10-16)15(18)19-3/h5-8,12,17H,4,9-11H2,1-3H3. The molecular formula is C16H23NO2. The lowest BCUT2D eigenvalue weighted by Gasteiger charge is -2.15.